The summed E-state index contributed by atoms with van der Waals surface area (Å²) in [5.74, 6) is -0.263. The standard InChI is InChI=1S/C21H20F3NO2S/c1-20(27,18-12-15-4-2-3-5-17(15)28-18)13-25-19(26)11-8-14-6-9-16(10-7-14)21(22,23)24/h2-7,9-10,12,27H,8,11,13H2,1H3,(H,25,26). The predicted octanol–water partition coefficient (Wildman–Crippen LogP) is 4.88. The second kappa shape index (κ2) is 7.93. The number of halogens is 3. The third-order valence-corrected chi connectivity index (χ3v) is 5.88. The van der Waals surface area contributed by atoms with Crippen molar-refractivity contribution in [1.82, 2.24) is 5.32 Å². The number of rotatable bonds is 6. The molecule has 148 valence electrons. The van der Waals surface area contributed by atoms with E-state index in [2.05, 4.69) is 5.32 Å². The Morgan fingerprint density at radius 2 is 1.79 bits per heavy atom. The third kappa shape index (κ3) is 4.91. The topological polar surface area (TPSA) is 49.3 Å². The molecule has 3 nitrogen and oxygen atoms in total. The quantitative estimate of drug-likeness (QED) is 0.612. The predicted molar refractivity (Wildman–Crippen MR) is 104 cm³/mol. The molecular weight excluding hydrogens is 387 g/mol. The molecule has 1 amide bonds. The Bertz CT molecular complexity index is 929. The molecule has 1 aromatic heterocycles. The van der Waals surface area contributed by atoms with Gasteiger partial charge < -0.3 is 10.4 Å². The number of carbonyl (C=O) groups is 1. The minimum absolute atomic E-state index is 0.0612. The Hall–Kier alpha value is -2.38. The van der Waals surface area contributed by atoms with Crippen molar-refractivity contribution in [3.05, 3.63) is 70.6 Å². The first-order chi connectivity index (χ1) is 13.1. The van der Waals surface area contributed by atoms with Gasteiger partial charge in [-0.2, -0.15) is 13.2 Å². The summed E-state index contributed by atoms with van der Waals surface area (Å²) in [6, 6.07) is 14.5. The van der Waals surface area contributed by atoms with Crippen molar-refractivity contribution >= 4 is 27.3 Å². The average Bonchev–Trinajstić information content (AvgIpc) is 3.10. The number of carbonyl (C=O) groups excluding carboxylic acids is 1. The first-order valence-electron chi connectivity index (χ1n) is 8.79. The number of aliphatic hydroxyl groups is 1. The molecule has 0 aliphatic heterocycles. The normalized spacial score (nSPS) is 14.0. The average molecular weight is 407 g/mol. The minimum atomic E-state index is -4.37. The van der Waals surface area contributed by atoms with Gasteiger partial charge in [0.1, 0.15) is 5.60 Å². The molecular formula is C21H20F3NO2S. The second-order valence-electron chi connectivity index (χ2n) is 6.89. The van der Waals surface area contributed by atoms with Gasteiger partial charge in [-0.3, -0.25) is 4.79 Å². The molecule has 0 spiro atoms. The van der Waals surface area contributed by atoms with Crippen LogP contribution in [0.15, 0.2) is 54.6 Å². The lowest BCUT2D eigenvalue weighted by atomic mass is 10.0. The van der Waals surface area contributed by atoms with Gasteiger partial charge in [0.25, 0.3) is 0 Å². The number of alkyl halides is 3. The van der Waals surface area contributed by atoms with Gasteiger partial charge in [0, 0.05) is 16.0 Å². The van der Waals surface area contributed by atoms with Crippen molar-refractivity contribution in [3.63, 3.8) is 0 Å². The smallest absolute Gasteiger partial charge is 0.383 e. The molecule has 0 saturated carbocycles. The minimum Gasteiger partial charge on any atom is -0.383 e. The zero-order valence-corrected chi connectivity index (χ0v) is 16.0. The summed E-state index contributed by atoms with van der Waals surface area (Å²) in [6.07, 6.45) is -3.91. The largest absolute Gasteiger partial charge is 0.416 e. The molecule has 7 heteroatoms. The van der Waals surface area contributed by atoms with Gasteiger partial charge in [-0.05, 0) is 48.6 Å². The number of hydrogen-bond donors (Lipinski definition) is 2. The van der Waals surface area contributed by atoms with E-state index in [0.717, 1.165) is 27.1 Å². The molecule has 0 saturated heterocycles. The number of amides is 1. The van der Waals surface area contributed by atoms with Crippen LogP contribution in [0.3, 0.4) is 0 Å². The molecule has 1 heterocycles. The first kappa shape index (κ1) is 20.4. The second-order valence-corrected chi connectivity index (χ2v) is 7.98. The maximum Gasteiger partial charge on any atom is 0.416 e. The lowest BCUT2D eigenvalue weighted by Gasteiger charge is -2.22. The van der Waals surface area contributed by atoms with Gasteiger partial charge in [0.2, 0.25) is 5.91 Å². The maximum atomic E-state index is 12.6. The monoisotopic (exact) mass is 407 g/mol. The Labute approximate surface area is 164 Å². The summed E-state index contributed by atoms with van der Waals surface area (Å²) in [5.41, 5.74) is -1.26. The van der Waals surface area contributed by atoms with Crippen LogP contribution in [-0.2, 0) is 23.0 Å². The van der Waals surface area contributed by atoms with Crippen LogP contribution < -0.4 is 5.32 Å². The lowest BCUT2D eigenvalue weighted by Crippen LogP contribution is -2.38. The van der Waals surface area contributed by atoms with Crippen molar-refractivity contribution in [3.8, 4) is 0 Å². The zero-order chi connectivity index (χ0) is 20.4. The van der Waals surface area contributed by atoms with Gasteiger partial charge in [-0.1, -0.05) is 30.3 Å². The number of nitrogens with one attached hydrogen (secondary N) is 1. The molecule has 0 aliphatic carbocycles. The van der Waals surface area contributed by atoms with E-state index in [9.17, 15) is 23.1 Å². The fourth-order valence-electron chi connectivity index (χ4n) is 2.81. The van der Waals surface area contributed by atoms with Gasteiger partial charge in [0.05, 0.1) is 12.1 Å². The number of fused-ring (bicyclic) bond motifs is 1. The van der Waals surface area contributed by atoms with Crippen LogP contribution in [0.2, 0.25) is 0 Å². The number of aryl methyl sites for hydroxylation is 1. The molecule has 0 bridgehead atoms. The summed E-state index contributed by atoms with van der Waals surface area (Å²) < 4.78 is 38.8. The molecule has 28 heavy (non-hydrogen) atoms. The van der Waals surface area contributed by atoms with Crippen molar-refractivity contribution in [1.29, 1.82) is 0 Å². The summed E-state index contributed by atoms with van der Waals surface area (Å²) >= 11 is 1.48. The van der Waals surface area contributed by atoms with E-state index in [1.54, 1.807) is 6.92 Å². The summed E-state index contributed by atoms with van der Waals surface area (Å²) in [6.45, 7) is 1.71. The van der Waals surface area contributed by atoms with E-state index in [1.807, 2.05) is 30.3 Å². The highest BCUT2D eigenvalue weighted by Gasteiger charge is 2.30. The molecule has 2 N–H and O–H groups in total. The molecule has 1 atom stereocenters. The van der Waals surface area contributed by atoms with E-state index >= 15 is 0 Å². The van der Waals surface area contributed by atoms with E-state index in [1.165, 1.54) is 23.5 Å². The highest BCUT2D eigenvalue weighted by atomic mass is 32.1. The van der Waals surface area contributed by atoms with Gasteiger partial charge in [-0.15, -0.1) is 11.3 Å². The van der Waals surface area contributed by atoms with Gasteiger partial charge in [0.15, 0.2) is 0 Å². The van der Waals surface area contributed by atoms with Crippen LogP contribution in [-0.4, -0.2) is 17.6 Å². The SMILES string of the molecule is CC(O)(CNC(=O)CCc1ccc(C(F)(F)F)cc1)c1cc2ccccc2s1. The molecule has 1 unspecified atom stereocenters. The lowest BCUT2D eigenvalue weighted by molar-refractivity contribution is -0.137. The van der Waals surface area contributed by atoms with E-state index < -0.39 is 17.3 Å². The maximum absolute atomic E-state index is 12.6. The van der Waals surface area contributed by atoms with Crippen LogP contribution in [0, 0.1) is 0 Å². The molecule has 3 rings (SSSR count). The molecule has 0 fully saturated rings. The fraction of sp³-hybridized carbons (Fsp3) is 0.286. The highest BCUT2D eigenvalue weighted by molar-refractivity contribution is 7.19. The van der Waals surface area contributed by atoms with Gasteiger partial charge >= 0.3 is 6.18 Å². The summed E-state index contributed by atoms with van der Waals surface area (Å²) in [5, 5.41) is 14.5. The van der Waals surface area contributed by atoms with E-state index in [4.69, 9.17) is 0 Å². The van der Waals surface area contributed by atoms with Crippen LogP contribution in [0.25, 0.3) is 10.1 Å². The van der Waals surface area contributed by atoms with Crippen LogP contribution in [0.5, 0.6) is 0 Å². The first-order valence-corrected chi connectivity index (χ1v) is 9.61. The molecule has 2 aromatic carbocycles. The Balaban J connectivity index is 1.53. The van der Waals surface area contributed by atoms with Crippen molar-refractivity contribution < 1.29 is 23.1 Å². The molecule has 0 radical (unpaired) electrons. The van der Waals surface area contributed by atoms with Crippen LogP contribution in [0.4, 0.5) is 13.2 Å². The molecule has 3 aromatic rings. The van der Waals surface area contributed by atoms with Gasteiger partial charge in [-0.25, -0.2) is 0 Å². The number of hydrogen-bond acceptors (Lipinski definition) is 3. The van der Waals surface area contributed by atoms with Crippen molar-refractivity contribution in [2.24, 2.45) is 0 Å². The Morgan fingerprint density at radius 3 is 2.43 bits per heavy atom. The van der Waals surface area contributed by atoms with Crippen molar-refractivity contribution in [2.45, 2.75) is 31.5 Å². The zero-order valence-electron chi connectivity index (χ0n) is 15.2. The molecule has 0 aliphatic rings. The van der Waals surface area contributed by atoms with Crippen LogP contribution >= 0.6 is 11.3 Å². The summed E-state index contributed by atoms with van der Waals surface area (Å²) in [7, 11) is 0. The van der Waals surface area contributed by atoms with Crippen LogP contribution in [0.1, 0.15) is 29.3 Å². The van der Waals surface area contributed by atoms with E-state index in [0.29, 0.717) is 12.0 Å². The summed E-state index contributed by atoms with van der Waals surface area (Å²) in [4.78, 5) is 12.9. The van der Waals surface area contributed by atoms with E-state index in [-0.39, 0.29) is 18.9 Å². The number of thiophene rings is 1. The third-order valence-electron chi connectivity index (χ3n) is 4.51. The highest BCUT2D eigenvalue weighted by Crippen LogP contribution is 2.33. The van der Waals surface area contributed by atoms with Crippen molar-refractivity contribution in [2.75, 3.05) is 6.54 Å². The Morgan fingerprint density at radius 1 is 1.11 bits per heavy atom. The fourth-order valence-corrected chi connectivity index (χ4v) is 3.92. The Kier molecular flexibility index (Phi) is 5.76. The number of benzene rings is 2.